The Morgan fingerprint density at radius 1 is 0.240 bits per heavy atom. The summed E-state index contributed by atoms with van der Waals surface area (Å²) in [7, 11) is 0. The summed E-state index contributed by atoms with van der Waals surface area (Å²) >= 11 is 0. The lowest BCUT2D eigenvalue weighted by Crippen LogP contribution is -1.94. The first-order chi connectivity index (χ1) is 24.8. The van der Waals surface area contributed by atoms with Crippen LogP contribution in [0.4, 0.5) is 0 Å². The Hall–Kier alpha value is -6.64. The van der Waals surface area contributed by atoms with Crippen LogP contribution in [0.25, 0.3) is 88.4 Å². The Morgan fingerprint density at radius 3 is 1.18 bits per heavy atom. The van der Waals surface area contributed by atoms with Gasteiger partial charge in [-0.15, -0.1) is 0 Å². The molecule has 0 fully saturated rings. The van der Waals surface area contributed by atoms with Gasteiger partial charge in [-0.25, -0.2) is 0 Å². The van der Waals surface area contributed by atoms with E-state index in [9.17, 15) is 0 Å². The van der Waals surface area contributed by atoms with Gasteiger partial charge in [-0.3, -0.25) is 0 Å². The first kappa shape index (κ1) is 28.4. The van der Waals surface area contributed by atoms with Crippen LogP contribution in [0.2, 0.25) is 0 Å². The fourth-order valence-electron chi connectivity index (χ4n) is 7.92. The molecule has 0 radical (unpaired) electrons. The zero-order chi connectivity index (χ0) is 33.0. The van der Waals surface area contributed by atoms with Crippen molar-refractivity contribution in [2.75, 3.05) is 0 Å². The molecular weight excluding hydrogens is 605 g/mol. The normalized spacial score (nSPS) is 11.6. The van der Waals surface area contributed by atoms with Gasteiger partial charge in [0.15, 0.2) is 0 Å². The smallest absolute Gasteiger partial charge is 0.0547 e. The van der Waals surface area contributed by atoms with Gasteiger partial charge in [0.1, 0.15) is 0 Å². The van der Waals surface area contributed by atoms with Gasteiger partial charge in [-0.05, 0) is 81.9 Å². The summed E-state index contributed by atoms with van der Waals surface area (Å²) in [6.07, 6.45) is 0. The largest absolute Gasteiger partial charge is 0.309 e. The molecule has 234 valence electrons. The Labute approximate surface area is 290 Å². The van der Waals surface area contributed by atoms with Crippen LogP contribution in [0.5, 0.6) is 0 Å². The van der Waals surface area contributed by atoms with Crippen molar-refractivity contribution in [3.05, 3.63) is 194 Å². The molecular formula is C48H32N2. The summed E-state index contributed by atoms with van der Waals surface area (Å²) in [4.78, 5) is 0. The van der Waals surface area contributed by atoms with Crippen molar-refractivity contribution in [2.45, 2.75) is 0 Å². The second kappa shape index (κ2) is 11.5. The molecule has 0 aliphatic carbocycles. The van der Waals surface area contributed by atoms with E-state index < -0.39 is 0 Å². The maximum absolute atomic E-state index is 2.39. The van der Waals surface area contributed by atoms with Crippen molar-refractivity contribution in [2.24, 2.45) is 0 Å². The zero-order valence-corrected chi connectivity index (χ0v) is 27.4. The van der Waals surface area contributed by atoms with Crippen LogP contribution >= 0.6 is 0 Å². The van der Waals surface area contributed by atoms with E-state index >= 15 is 0 Å². The third-order valence-corrected chi connectivity index (χ3v) is 10.2. The Morgan fingerprint density at radius 2 is 0.620 bits per heavy atom. The summed E-state index contributed by atoms with van der Waals surface area (Å²) < 4.78 is 4.77. The van der Waals surface area contributed by atoms with E-state index in [4.69, 9.17) is 0 Å². The summed E-state index contributed by atoms with van der Waals surface area (Å²) in [6, 6.07) is 70.4. The minimum Gasteiger partial charge on any atom is -0.309 e. The van der Waals surface area contributed by atoms with E-state index in [0.717, 1.165) is 5.69 Å². The Bertz CT molecular complexity index is 2800. The number of rotatable bonds is 5. The van der Waals surface area contributed by atoms with Crippen LogP contribution in [-0.4, -0.2) is 9.13 Å². The predicted molar refractivity (Wildman–Crippen MR) is 211 cm³/mol. The van der Waals surface area contributed by atoms with Crippen LogP contribution in [0, 0.1) is 0 Å². The van der Waals surface area contributed by atoms with E-state index in [1.165, 1.54) is 82.7 Å². The van der Waals surface area contributed by atoms with Crippen molar-refractivity contribution < 1.29 is 0 Å². The van der Waals surface area contributed by atoms with Gasteiger partial charge in [0.05, 0.1) is 22.1 Å². The monoisotopic (exact) mass is 636 g/mol. The molecule has 8 aromatic carbocycles. The summed E-state index contributed by atoms with van der Waals surface area (Å²) in [5, 5.41) is 5.07. The summed E-state index contributed by atoms with van der Waals surface area (Å²) in [5.41, 5.74) is 14.5. The van der Waals surface area contributed by atoms with Crippen molar-refractivity contribution in [1.29, 1.82) is 0 Å². The van der Waals surface area contributed by atoms with E-state index in [2.05, 4.69) is 203 Å². The second-order valence-corrected chi connectivity index (χ2v) is 12.9. The second-order valence-electron chi connectivity index (χ2n) is 12.9. The van der Waals surface area contributed by atoms with Gasteiger partial charge in [-0.1, -0.05) is 146 Å². The molecule has 2 aromatic heterocycles. The SMILES string of the molecule is c1ccc(-n2c3ccccc3c3ccc(-c4ccccc4-c4ccccc4-c4ccc(-n5c6ccccc6c6ccccc65)cc4)cc32)cc1. The summed E-state index contributed by atoms with van der Waals surface area (Å²) in [5.74, 6) is 0. The molecule has 0 saturated carbocycles. The maximum Gasteiger partial charge on any atom is 0.0547 e. The minimum absolute atomic E-state index is 1.16. The van der Waals surface area contributed by atoms with Crippen LogP contribution in [0.15, 0.2) is 194 Å². The molecule has 0 aliphatic heterocycles. The Balaban J connectivity index is 1.10. The lowest BCUT2D eigenvalue weighted by molar-refractivity contribution is 1.18. The van der Waals surface area contributed by atoms with Crippen LogP contribution < -0.4 is 0 Å². The topological polar surface area (TPSA) is 9.86 Å². The van der Waals surface area contributed by atoms with Crippen LogP contribution in [0.3, 0.4) is 0 Å². The van der Waals surface area contributed by atoms with Crippen molar-refractivity contribution in [1.82, 2.24) is 9.13 Å². The molecule has 0 saturated heterocycles. The van der Waals surface area contributed by atoms with E-state index in [-0.39, 0.29) is 0 Å². The molecule has 2 nitrogen and oxygen atoms in total. The van der Waals surface area contributed by atoms with Gasteiger partial charge in [0, 0.05) is 32.9 Å². The van der Waals surface area contributed by atoms with E-state index in [1.54, 1.807) is 0 Å². The van der Waals surface area contributed by atoms with E-state index in [0.29, 0.717) is 0 Å². The number of nitrogens with zero attached hydrogens (tertiary/aromatic N) is 2. The quantitative estimate of drug-likeness (QED) is 0.178. The third-order valence-electron chi connectivity index (χ3n) is 10.2. The highest BCUT2D eigenvalue weighted by Gasteiger charge is 2.17. The Kier molecular flexibility index (Phi) is 6.53. The van der Waals surface area contributed by atoms with E-state index in [1.807, 2.05) is 0 Å². The number of hydrogen-bond donors (Lipinski definition) is 0. The number of benzene rings is 8. The van der Waals surface area contributed by atoms with Crippen molar-refractivity contribution >= 4 is 43.6 Å². The first-order valence-electron chi connectivity index (χ1n) is 17.2. The molecule has 50 heavy (non-hydrogen) atoms. The molecule has 0 bridgehead atoms. The average molecular weight is 637 g/mol. The molecule has 10 rings (SSSR count). The molecule has 0 N–H and O–H groups in total. The van der Waals surface area contributed by atoms with Gasteiger partial charge in [0.2, 0.25) is 0 Å². The number of hydrogen-bond acceptors (Lipinski definition) is 0. The summed E-state index contributed by atoms with van der Waals surface area (Å²) in [6.45, 7) is 0. The van der Waals surface area contributed by atoms with Gasteiger partial charge >= 0.3 is 0 Å². The number of fused-ring (bicyclic) bond motifs is 6. The van der Waals surface area contributed by atoms with Gasteiger partial charge in [-0.2, -0.15) is 0 Å². The van der Waals surface area contributed by atoms with Crippen LogP contribution in [0.1, 0.15) is 0 Å². The van der Waals surface area contributed by atoms with Crippen molar-refractivity contribution in [3.8, 4) is 44.8 Å². The number of aromatic nitrogens is 2. The number of para-hydroxylation sites is 4. The molecule has 10 aromatic rings. The minimum atomic E-state index is 1.16. The molecule has 0 atom stereocenters. The van der Waals surface area contributed by atoms with Gasteiger partial charge < -0.3 is 9.13 Å². The maximum atomic E-state index is 2.39. The fourth-order valence-corrected chi connectivity index (χ4v) is 7.92. The lowest BCUT2D eigenvalue weighted by Gasteiger charge is -2.16. The highest BCUT2D eigenvalue weighted by molar-refractivity contribution is 6.11. The fraction of sp³-hybridized carbons (Fsp3) is 0. The first-order valence-corrected chi connectivity index (χ1v) is 17.2. The van der Waals surface area contributed by atoms with Crippen molar-refractivity contribution in [3.63, 3.8) is 0 Å². The molecule has 0 amide bonds. The van der Waals surface area contributed by atoms with Crippen LogP contribution in [-0.2, 0) is 0 Å². The average Bonchev–Trinajstić information content (AvgIpc) is 3.71. The molecule has 0 spiro atoms. The highest BCUT2D eigenvalue weighted by atomic mass is 15.0. The highest BCUT2D eigenvalue weighted by Crippen LogP contribution is 2.41. The zero-order valence-electron chi connectivity index (χ0n) is 27.4. The predicted octanol–water partition coefficient (Wildman–Crippen LogP) is 12.9. The molecule has 0 unspecified atom stereocenters. The lowest BCUT2D eigenvalue weighted by atomic mass is 9.89. The molecule has 0 aliphatic rings. The molecule has 2 heteroatoms. The molecule has 2 heterocycles. The third kappa shape index (κ3) is 4.43. The standard InChI is InChI=1S/C48H32N2/c1-2-14-35(15-3-1)50-47-25-13-10-22-43(47)44-31-28-34(32-48(44)50)38-17-5-7-19-40(38)39-18-6-4-16-37(39)33-26-29-36(30-27-33)49-45-23-11-8-20-41(45)42-21-9-12-24-46(42)49/h1-32H. The van der Waals surface area contributed by atoms with Gasteiger partial charge in [0.25, 0.3) is 0 Å².